The summed E-state index contributed by atoms with van der Waals surface area (Å²) in [6.45, 7) is 5.85. The summed E-state index contributed by atoms with van der Waals surface area (Å²) in [7, 11) is 0. The van der Waals surface area contributed by atoms with Crippen molar-refractivity contribution in [1.82, 2.24) is 24.6 Å². The molecule has 0 saturated carbocycles. The molecule has 1 aliphatic rings. The van der Waals surface area contributed by atoms with Crippen LogP contribution in [0, 0.1) is 0 Å². The Hall–Kier alpha value is -3.43. The lowest BCUT2D eigenvalue weighted by molar-refractivity contribution is -0.143. The Morgan fingerprint density at radius 3 is 2.42 bits per heavy atom. The van der Waals surface area contributed by atoms with Gasteiger partial charge in [0, 0.05) is 43.5 Å². The van der Waals surface area contributed by atoms with Gasteiger partial charge in [0.2, 0.25) is 11.8 Å². The molecule has 2 aromatic carbocycles. The summed E-state index contributed by atoms with van der Waals surface area (Å²) in [6.07, 6.45) is 1.99. The largest absolute Gasteiger partial charge is 0.339 e. The molecule has 1 fully saturated rings. The van der Waals surface area contributed by atoms with Crippen LogP contribution in [0.25, 0.3) is 16.4 Å². The molecular weight excluding hydrogens is 539 g/mol. The average molecular weight is 574 g/mol. The lowest BCUT2D eigenvalue weighted by atomic mass is 9.94. The third kappa shape index (κ3) is 6.31. The van der Waals surface area contributed by atoms with Crippen LogP contribution < -0.4 is 0 Å². The molecule has 5 rings (SSSR count). The highest BCUT2D eigenvalue weighted by Crippen LogP contribution is 2.31. The summed E-state index contributed by atoms with van der Waals surface area (Å²) >= 11 is 3.27. The number of aromatic nitrogens is 3. The van der Waals surface area contributed by atoms with Crippen LogP contribution in [0.2, 0.25) is 0 Å². The molecule has 0 aliphatic carbocycles. The Balaban J connectivity index is 1.14. The van der Waals surface area contributed by atoms with Gasteiger partial charge in [0.1, 0.15) is 0 Å². The lowest BCUT2D eigenvalue weighted by Gasteiger charge is -2.41. The Kier molecular flexibility index (Phi) is 9.34. The highest BCUT2D eigenvalue weighted by Gasteiger charge is 2.33. The number of carbonyl (C=O) groups is 2. The van der Waals surface area contributed by atoms with E-state index in [9.17, 15) is 9.59 Å². The molecule has 4 aromatic rings. The number of rotatable bonds is 10. The predicted octanol–water partition coefficient (Wildman–Crippen LogP) is 6.12. The minimum atomic E-state index is -0.138. The summed E-state index contributed by atoms with van der Waals surface area (Å²) in [5.41, 5.74) is 2.08. The fraction of sp³-hybridized carbons (Fsp3) is 0.355. The third-order valence-electron chi connectivity index (χ3n) is 7.33. The van der Waals surface area contributed by atoms with Crippen molar-refractivity contribution in [3.05, 3.63) is 83.7 Å². The van der Waals surface area contributed by atoms with Gasteiger partial charge in [0.15, 0.2) is 11.0 Å². The SMILES string of the molecule is CCC(C(=O)N1CCN(C(=O)CCCSc2nnc(-c3cccs3)n2-c2ccccc2)CC1C)c1ccccc1. The number of nitrogens with zero attached hydrogens (tertiary/aromatic N) is 5. The molecule has 208 valence electrons. The highest BCUT2D eigenvalue weighted by atomic mass is 32.2. The number of benzene rings is 2. The molecule has 2 aromatic heterocycles. The first-order valence-electron chi connectivity index (χ1n) is 13.9. The van der Waals surface area contributed by atoms with Gasteiger partial charge in [-0.3, -0.25) is 14.2 Å². The molecular formula is C31H35N5O2S2. The number of carbonyl (C=O) groups excluding carboxylic acids is 2. The maximum atomic E-state index is 13.4. The van der Waals surface area contributed by atoms with Crippen molar-refractivity contribution >= 4 is 34.9 Å². The second-order valence-electron chi connectivity index (χ2n) is 10.00. The number of amides is 2. The van der Waals surface area contributed by atoms with Crippen LogP contribution in [0.1, 0.15) is 44.6 Å². The van der Waals surface area contributed by atoms with E-state index in [1.54, 1.807) is 23.1 Å². The van der Waals surface area contributed by atoms with E-state index >= 15 is 0 Å². The zero-order valence-electron chi connectivity index (χ0n) is 23.0. The molecule has 3 heterocycles. The van der Waals surface area contributed by atoms with Crippen molar-refractivity contribution in [3.8, 4) is 16.4 Å². The van der Waals surface area contributed by atoms with E-state index in [-0.39, 0.29) is 23.8 Å². The molecule has 2 unspecified atom stereocenters. The van der Waals surface area contributed by atoms with E-state index in [1.165, 1.54) is 0 Å². The van der Waals surface area contributed by atoms with E-state index < -0.39 is 0 Å². The molecule has 0 N–H and O–H groups in total. The van der Waals surface area contributed by atoms with Gasteiger partial charge in [-0.1, -0.05) is 73.3 Å². The standard InChI is InChI=1S/C31H35N5O2S2/c1-3-26(24-12-6-4-7-13-24)30(38)35-19-18-34(22-23(35)2)28(37)17-11-21-40-31-33-32-29(27-16-10-20-39-27)36(31)25-14-8-5-9-15-25/h4-10,12-16,20,23,26H,3,11,17-19,21-22H2,1-2H3. The van der Waals surface area contributed by atoms with E-state index in [4.69, 9.17) is 0 Å². The van der Waals surface area contributed by atoms with E-state index in [2.05, 4.69) is 39.9 Å². The van der Waals surface area contributed by atoms with Crippen molar-refractivity contribution < 1.29 is 9.59 Å². The fourth-order valence-electron chi connectivity index (χ4n) is 5.23. The molecule has 9 heteroatoms. The molecule has 40 heavy (non-hydrogen) atoms. The monoisotopic (exact) mass is 573 g/mol. The van der Waals surface area contributed by atoms with Crippen molar-refractivity contribution in [2.45, 2.75) is 50.2 Å². The van der Waals surface area contributed by atoms with Crippen molar-refractivity contribution in [3.63, 3.8) is 0 Å². The molecule has 0 radical (unpaired) electrons. The number of hydrogen-bond donors (Lipinski definition) is 0. The topological polar surface area (TPSA) is 71.3 Å². The minimum absolute atomic E-state index is 0.00238. The predicted molar refractivity (Wildman–Crippen MR) is 162 cm³/mol. The van der Waals surface area contributed by atoms with Crippen LogP contribution in [0.3, 0.4) is 0 Å². The van der Waals surface area contributed by atoms with Gasteiger partial charge in [-0.05, 0) is 48.9 Å². The zero-order chi connectivity index (χ0) is 27.9. The molecule has 7 nitrogen and oxygen atoms in total. The molecule has 0 bridgehead atoms. The van der Waals surface area contributed by atoms with E-state index in [1.807, 2.05) is 76.7 Å². The second-order valence-corrected chi connectivity index (χ2v) is 12.0. The highest BCUT2D eigenvalue weighted by molar-refractivity contribution is 7.99. The summed E-state index contributed by atoms with van der Waals surface area (Å²) in [5, 5.41) is 11.8. The Morgan fingerprint density at radius 1 is 1.00 bits per heavy atom. The first kappa shape index (κ1) is 28.1. The maximum Gasteiger partial charge on any atom is 0.230 e. The molecule has 2 amide bonds. The zero-order valence-corrected chi connectivity index (χ0v) is 24.6. The summed E-state index contributed by atoms with van der Waals surface area (Å²) in [5.74, 6) is 1.78. The number of hydrogen-bond acceptors (Lipinski definition) is 6. The smallest absolute Gasteiger partial charge is 0.230 e. The summed E-state index contributed by atoms with van der Waals surface area (Å²) in [6, 6.07) is 24.2. The normalized spacial score (nSPS) is 16.2. The van der Waals surface area contributed by atoms with Gasteiger partial charge >= 0.3 is 0 Å². The van der Waals surface area contributed by atoms with Crippen LogP contribution in [-0.2, 0) is 9.59 Å². The lowest BCUT2D eigenvalue weighted by Crippen LogP contribution is -2.56. The Bertz CT molecular complexity index is 1390. The van der Waals surface area contributed by atoms with Crippen molar-refractivity contribution in [1.29, 1.82) is 0 Å². The van der Waals surface area contributed by atoms with Gasteiger partial charge in [-0.15, -0.1) is 21.5 Å². The van der Waals surface area contributed by atoms with Crippen LogP contribution >= 0.6 is 23.1 Å². The van der Waals surface area contributed by atoms with Crippen molar-refractivity contribution in [2.24, 2.45) is 0 Å². The summed E-state index contributed by atoms with van der Waals surface area (Å²) in [4.78, 5) is 31.4. The fourth-order valence-corrected chi connectivity index (χ4v) is 6.82. The van der Waals surface area contributed by atoms with Gasteiger partial charge in [-0.2, -0.15) is 0 Å². The number of piperazine rings is 1. The van der Waals surface area contributed by atoms with Gasteiger partial charge < -0.3 is 9.80 Å². The molecule has 1 saturated heterocycles. The van der Waals surface area contributed by atoms with Gasteiger partial charge in [-0.25, -0.2) is 0 Å². The summed E-state index contributed by atoms with van der Waals surface area (Å²) < 4.78 is 2.09. The third-order valence-corrected chi connectivity index (χ3v) is 9.21. The average Bonchev–Trinajstić information content (AvgIpc) is 3.67. The van der Waals surface area contributed by atoms with E-state index in [0.29, 0.717) is 26.1 Å². The van der Waals surface area contributed by atoms with Crippen LogP contribution in [0.4, 0.5) is 0 Å². The second kappa shape index (κ2) is 13.3. The number of para-hydroxylation sites is 1. The quantitative estimate of drug-likeness (QED) is 0.169. The van der Waals surface area contributed by atoms with Crippen LogP contribution in [0.15, 0.2) is 83.3 Å². The molecule has 2 atom stereocenters. The van der Waals surface area contributed by atoms with E-state index in [0.717, 1.165) is 45.7 Å². The van der Waals surface area contributed by atoms with Gasteiger partial charge in [0.25, 0.3) is 0 Å². The maximum absolute atomic E-state index is 13.4. The van der Waals surface area contributed by atoms with Crippen LogP contribution in [0.5, 0.6) is 0 Å². The minimum Gasteiger partial charge on any atom is -0.339 e. The van der Waals surface area contributed by atoms with Crippen molar-refractivity contribution in [2.75, 3.05) is 25.4 Å². The van der Waals surface area contributed by atoms with Crippen LogP contribution in [-0.4, -0.2) is 67.8 Å². The number of thiophene rings is 1. The first-order valence-corrected chi connectivity index (χ1v) is 15.7. The van der Waals surface area contributed by atoms with Gasteiger partial charge in [0.05, 0.1) is 10.8 Å². The Morgan fingerprint density at radius 2 is 1.75 bits per heavy atom. The molecule has 1 aliphatic heterocycles. The Labute approximate surface area is 244 Å². The molecule has 0 spiro atoms. The first-order chi connectivity index (χ1) is 19.6. The number of thioether (sulfide) groups is 1.